The van der Waals surface area contributed by atoms with E-state index >= 15 is 0 Å². The molecular weight excluding hydrogens is 384 g/mol. The predicted molar refractivity (Wildman–Crippen MR) is 118 cm³/mol. The Morgan fingerprint density at radius 1 is 0.700 bits per heavy atom. The van der Waals surface area contributed by atoms with Gasteiger partial charge in [0.2, 0.25) is 0 Å². The van der Waals surface area contributed by atoms with Gasteiger partial charge in [0.15, 0.2) is 0 Å². The van der Waals surface area contributed by atoms with Gasteiger partial charge >= 0.3 is 11.9 Å². The Hall–Kier alpha value is -3.28. The van der Waals surface area contributed by atoms with Crippen LogP contribution in [0.1, 0.15) is 27.7 Å². The molecule has 0 radical (unpaired) electrons. The summed E-state index contributed by atoms with van der Waals surface area (Å²) >= 11 is 0. The molecule has 0 amide bonds. The number of fused-ring (bicyclic) bond motifs is 1. The quantitative estimate of drug-likeness (QED) is 0.314. The molecule has 2 aromatic rings. The van der Waals surface area contributed by atoms with E-state index in [1.54, 1.807) is 13.8 Å². The highest BCUT2D eigenvalue weighted by atomic mass is 16.6. The largest absolute Gasteiger partial charge is 0.489 e. The standard InChI is InChI=1S/C22H24O6.C2H6/c1-15(2)21(23)27-13-11-25-19-9-5-8-18-17(19)7-6-10-20(18)26-12-14-28-22(24)16(3)4;1-2/h5-10H,1,3,11-14H2,2,4H3;1-2H3. The maximum atomic E-state index is 11.4. The van der Waals surface area contributed by atoms with Crippen molar-refractivity contribution in [2.24, 2.45) is 0 Å². The number of ether oxygens (including phenoxy) is 4. The molecule has 0 spiro atoms. The highest BCUT2D eigenvalue weighted by Gasteiger charge is 2.09. The minimum absolute atomic E-state index is 0.131. The van der Waals surface area contributed by atoms with Crippen molar-refractivity contribution in [3.8, 4) is 11.5 Å². The van der Waals surface area contributed by atoms with Gasteiger partial charge in [-0.2, -0.15) is 0 Å². The molecule has 0 aliphatic rings. The Kier molecular flexibility index (Phi) is 10.8. The minimum atomic E-state index is -0.440. The van der Waals surface area contributed by atoms with Crippen LogP contribution < -0.4 is 9.47 Å². The lowest BCUT2D eigenvalue weighted by Gasteiger charge is -2.13. The van der Waals surface area contributed by atoms with Gasteiger partial charge in [-0.05, 0) is 26.0 Å². The number of hydrogen-bond acceptors (Lipinski definition) is 6. The lowest BCUT2D eigenvalue weighted by atomic mass is 10.1. The van der Waals surface area contributed by atoms with Crippen molar-refractivity contribution in [2.45, 2.75) is 27.7 Å². The molecule has 2 rings (SSSR count). The molecule has 0 saturated heterocycles. The number of esters is 2. The van der Waals surface area contributed by atoms with Crippen molar-refractivity contribution in [1.29, 1.82) is 0 Å². The van der Waals surface area contributed by atoms with E-state index in [4.69, 9.17) is 18.9 Å². The summed E-state index contributed by atoms with van der Waals surface area (Å²) in [6.07, 6.45) is 0. The SMILES string of the molecule is C=C(C)C(=O)OCCOc1cccc2c(OCCOC(=O)C(=C)C)cccc12.CC. The maximum Gasteiger partial charge on any atom is 0.333 e. The Morgan fingerprint density at radius 3 is 1.40 bits per heavy atom. The summed E-state index contributed by atoms with van der Waals surface area (Å²) < 4.78 is 21.5. The normalized spacial score (nSPS) is 9.73. The molecule has 0 fully saturated rings. The molecule has 0 unspecified atom stereocenters. The second-order valence-electron chi connectivity index (χ2n) is 6.14. The molecule has 0 saturated carbocycles. The number of rotatable bonds is 10. The lowest BCUT2D eigenvalue weighted by molar-refractivity contribution is -0.140. The van der Waals surface area contributed by atoms with E-state index in [1.807, 2.05) is 50.2 Å². The molecular formula is C24H30O6. The third-order valence-electron chi connectivity index (χ3n) is 3.69. The number of carbonyl (C=O) groups is 2. The summed E-state index contributed by atoms with van der Waals surface area (Å²) in [6, 6.07) is 11.2. The Bertz CT molecular complexity index is 811. The minimum Gasteiger partial charge on any atom is -0.489 e. The van der Waals surface area contributed by atoms with E-state index < -0.39 is 11.9 Å². The topological polar surface area (TPSA) is 71.1 Å². The van der Waals surface area contributed by atoms with Crippen molar-refractivity contribution in [2.75, 3.05) is 26.4 Å². The average molecular weight is 414 g/mol. The second-order valence-corrected chi connectivity index (χ2v) is 6.14. The van der Waals surface area contributed by atoms with Gasteiger partial charge in [-0.3, -0.25) is 0 Å². The van der Waals surface area contributed by atoms with Crippen LogP contribution in [0.5, 0.6) is 11.5 Å². The van der Waals surface area contributed by atoms with Crippen molar-refractivity contribution < 1.29 is 28.5 Å². The first kappa shape index (κ1) is 24.8. The molecule has 0 heterocycles. The summed E-state index contributed by atoms with van der Waals surface area (Å²) in [5.41, 5.74) is 0.696. The Labute approximate surface area is 178 Å². The van der Waals surface area contributed by atoms with Gasteiger partial charge in [0, 0.05) is 21.9 Å². The fraction of sp³-hybridized carbons (Fsp3) is 0.333. The summed E-state index contributed by atoms with van der Waals surface area (Å²) in [6.45, 7) is 15.0. The van der Waals surface area contributed by atoms with Gasteiger partial charge in [-0.1, -0.05) is 51.3 Å². The molecule has 2 aromatic carbocycles. The van der Waals surface area contributed by atoms with Crippen LogP contribution >= 0.6 is 0 Å². The zero-order valence-corrected chi connectivity index (χ0v) is 18.2. The van der Waals surface area contributed by atoms with Crippen LogP contribution in [0.2, 0.25) is 0 Å². The van der Waals surface area contributed by atoms with E-state index in [1.165, 1.54) is 0 Å². The van der Waals surface area contributed by atoms with E-state index in [9.17, 15) is 9.59 Å². The zero-order valence-electron chi connectivity index (χ0n) is 18.2. The third-order valence-corrected chi connectivity index (χ3v) is 3.69. The van der Waals surface area contributed by atoms with E-state index in [0.717, 1.165) is 10.8 Å². The van der Waals surface area contributed by atoms with Crippen LogP contribution in [0.3, 0.4) is 0 Å². The van der Waals surface area contributed by atoms with E-state index in [0.29, 0.717) is 22.6 Å². The molecule has 0 aliphatic heterocycles. The van der Waals surface area contributed by atoms with Crippen molar-refractivity contribution in [3.05, 3.63) is 60.7 Å². The van der Waals surface area contributed by atoms with Gasteiger partial charge in [-0.25, -0.2) is 9.59 Å². The number of carbonyl (C=O) groups excluding carboxylic acids is 2. The lowest BCUT2D eigenvalue weighted by Crippen LogP contribution is -2.13. The smallest absolute Gasteiger partial charge is 0.333 e. The second kappa shape index (κ2) is 13.0. The van der Waals surface area contributed by atoms with Crippen molar-refractivity contribution in [1.82, 2.24) is 0 Å². The van der Waals surface area contributed by atoms with Gasteiger partial charge < -0.3 is 18.9 Å². The summed E-state index contributed by atoms with van der Waals surface area (Å²) in [5.74, 6) is 0.431. The van der Waals surface area contributed by atoms with Gasteiger partial charge in [-0.15, -0.1) is 0 Å². The summed E-state index contributed by atoms with van der Waals surface area (Å²) in [7, 11) is 0. The van der Waals surface area contributed by atoms with Gasteiger partial charge in [0.05, 0.1) is 0 Å². The maximum absolute atomic E-state index is 11.4. The number of benzene rings is 2. The average Bonchev–Trinajstić information content (AvgIpc) is 2.75. The predicted octanol–water partition coefficient (Wildman–Crippen LogP) is 4.86. The van der Waals surface area contributed by atoms with E-state index in [2.05, 4.69) is 13.2 Å². The first-order valence-corrected chi connectivity index (χ1v) is 9.82. The van der Waals surface area contributed by atoms with Crippen molar-refractivity contribution in [3.63, 3.8) is 0 Å². The summed E-state index contributed by atoms with van der Waals surface area (Å²) in [5, 5.41) is 1.73. The molecule has 0 aliphatic carbocycles. The third kappa shape index (κ3) is 7.62. The highest BCUT2D eigenvalue weighted by Crippen LogP contribution is 2.32. The number of hydrogen-bond donors (Lipinski definition) is 0. The van der Waals surface area contributed by atoms with Crippen LogP contribution in [0.15, 0.2) is 60.7 Å². The monoisotopic (exact) mass is 414 g/mol. The van der Waals surface area contributed by atoms with Crippen LogP contribution in [0.4, 0.5) is 0 Å². The molecule has 30 heavy (non-hydrogen) atoms. The van der Waals surface area contributed by atoms with Gasteiger partial charge in [0.1, 0.15) is 37.9 Å². The molecule has 6 heteroatoms. The van der Waals surface area contributed by atoms with Crippen LogP contribution in [-0.2, 0) is 19.1 Å². The van der Waals surface area contributed by atoms with Crippen LogP contribution in [0.25, 0.3) is 10.8 Å². The molecule has 0 N–H and O–H groups in total. The van der Waals surface area contributed by atoms with E-state index in [-0.39, 0.29) is 26.4 Å². The molecule has 6 nitrogen and oxygen atoms in total. The van der Waals surface area contributed by atoms with Crippen LogP contribution in [0, 0.1) is 0 Å². The fourth-order valence-corrected chi connectivity index (χ4v) is 2.32. The zero-order chi connectivity index (χ0) is 22.5. The van der Waals surface area contributed by atoms with Crippen molar-refractivity contribution >= 4 is 22.7 Å². The summed E-state index contributed by atoms with van der Waals surface area (Å²) in [4.78, 5) is 22.8. The molecule has 0 atom stereocenters. The first-order valence-electron chi connectivity index (χ1n) is 9.82. The highest BCUT2D eigenvalue weighted by molar-refractivity contribution is 5.93. The molecule has 0 bridgehead atoms. The molecule has 0 aromatic heterocycles. The Morgan fingerprint density at radius 2 is 1.07 bits per heavy atom. The Balaban J connectivity index is 0.00000218. The molecule has 162 valence electrons. The first-order chi connectivity index (χ1) is 14.4. The van der Waals surface area contributed by atoms with Crippen LogP contribution in [-0.4, -0.2) is 38.4 Å². The fourth-order valence-electron chi connectivity index (χ4n) is 2.32. The van der Waals surface area contributed by atoms with Gasteiger partial charge in [0.25, 0.3) is 0 Å².